The fourth-order valence-electron chi connectivity index (χ4n) is 1.66. The minimum absolute atomic E-state index is 0.570. The van der Waals surface area contributed by atoms with Gasteiger partial charge in [0.05, 0.1) is 27.0 Å². The number of nitrogen functional groups attached to an aromatic ring is 3. The molecule has 0 aliphatic rings. The van der Waals surface area contributed by atoms with E-state index >= 15 is 0 Å². The highest BCUT2D eigenvalue weighted by molar-refractivity contribution is 14.1. The van der Waals surface area contributed by atoms with Crippen LogP contribution in [0.15, 0.2) is 41.4 Å². The maximum absolute atomic E-state index is 5.94. The number of aliphatic imine (C=N–C) groups is 1. The van der Waals surface area contributed by atoms with Crippen molar-refractivity contribution < 1.29 is 0 Å². The predicted octanol–water partition coefficient (Wildman–Crippen LogP) is 3.20. The third-order valence-electron chi connectivity index (χ3n) is 2.64. The molecule has 0 saturated carbocycles. The predicted molar refractivity (Wildman–Crippen MR) is 87.3 cm³/mol. The van der Waals surface area contributed by atoms with E-state index in [0.717, 1.165) is 16.8 Å². The molecule has 0 heterocycles. The van der Waals surface area contributed by atoms with Crippen molar-refractivity contribution in [1.29, 1.82) is 0 Å². The molecule has 0 bridgehead atoms. The molecule has 0 saturated heterocycles. The molecule has 0 radical (unpaired) electrons. The zero-order chi connectivity index (χ0) is 13.1. The number of benzene rings is 2. The zero-order valence-electron chi connectivity index (χ0n) is 9.60. The lowest BCUT2D eigenvalue weighted by Crippen LogP contribution is -1.94. The average Bonchev–Trinajstić information content (AvgIpc) is 2.35. The number of nitrogens with two attached hydrogens (primary N) is 3. The molecule has 2 rings (SSSR count). The highest BCUT2D eigenvalue weighted by Gasteiger charge is 2.03. The van der Waals surface area contributed by atoms with Gasteiger partial charge in [-0.25, -0.2) is 4.99 Å². The van der Waals surface area contributed by atoms with Crippen LogP contribution < -0.4 is 17.2 Å². The van der Waals surface area contributed by atoms with Gasteiger partial charge >= 0.3 is 0 Å². The molecule has 0 aliphatic carbocycles. The largest absolute Gasteiger partial charge is 0.397 e. The third kappa shape index (κ3) is 2.56. The Hall–Kier alpha value is -1.76. The van der Waals surface area contributed by atoms with Crippen molar-refractivity contribution in [2.75, 3.05) is 17.2 Å². The number of rotatable bonds is 2. The molecule has 0 aromatic heterocycles. The van der Waals surface area contributed by atoms with Crippen molar-refractivity contribution in [3.8, 4) is 11.1 Å². The van der Waals surface area contributed by atoms with Gasteiger partial charge in [-0.15, -0.1) is 0 Å². The van der Waals surface area contributed by atoms with Crippen LogP contribution in [0.4, 0.5) is 22.7 Å². The molecule has 0 unspecified atom stereocenters. The number of hydrogen-bond acceptors (Lipinski definition) is 4. The van der Waals surface area contributed by atoms with E-state index in [0.29, 0.717) is 17.1 Å². The number of nitrogens with zero attached hydrogens (tertiary/aromatic N) is 1. The molecule has 0 aliphatic heterocycles. The van der Waals surface area contributed by atoms with Crippen LogP contribution >= 0.6 is 22.6 Å². The molecule has 0 amide bonds. The molecule has 0 fully saturated rings. The summed E-state index contributed by atoms with van der Waals surface area (Å²) in [6.45, 7) is 0. The lowest BCUT2D eigenvalue weighted by atomic mass is 10.0. The highest BCUT2D eigenvalue weighted by atomic mass is 127. The van der Waals surface area contributed by atoms with Crippen LogP contribution in [-0.2, 0) is 0 Å². The van der Waals surface area contributed by atoms with Gasteiger partial charge in [0.25, 0.3) is 0 Å². The van der Waals surface area contributed by atoms with Crippen LogP contribution in [0, 0.1) is 0 Å². The van der Waals surface area contributed by atoms with Crippen molar-refractivity contribution in [2.45, 2.75) is 0 Å². The summed E-state index contributed by atoms with van der Waals surface area (Å²) in [6.07, 6.45) is 0. The minimum atomic E-state index is 0.570. The zero-order valence-corrected chi connectivity index (χ0v) is 11.8. The van der Waals surface area contributed by atoms with E-state index in [4.69, 9.17) is 17.2 Å². The second kappa shape index (κ2) is 5.26. The topological polar surface area (TPSA) is 90.4 Å². The Kier molecular flexibility index (Phi) is 3.71. The van der Waals surface area contributed by atoms with Crippen molar-refractivity contribution in [3.63, 3.8) is 0 Å². The summed E-state index contributed by atoms with van der Waals surface area (Å²) in [7, 11) is 0. The fourth-order valence-corrected chi connectivity index (χ4v) is 1.96. The van der Waals surface area contributed by atoms with E-state index < -0.39 is 0 Å². The van der Waals surface area contributed by atoms with Crippen LogP contribution in [0.3, 0.4) is 0 Å². The molecule has 0 atom stereocenters. The monoisotopic (exact) mass is 352 g/mol. The molecule has 0 spiro atoms. The van der Waals surface area contributed by atoms with Crippen molar-refractivity contribution in [1.82, 2.24) is 0 Å². The lowest BCUT2D eigenvalue weighted by molar-refractivity contribution is 1.53. The van der Waals surface area contributed by atoms with Gasteiger partial charge < -0.3 is 17.2 Å². The number of hydrogen-bond donors (Lipinski definition) is 3. The smallest absolute Gasteiger partial charge is 0.0864 e. The van der Waals surface area contributed by atoms with E-state index in [-0.39, 0.29) is 0 Å². The van der Waals surface area contributed by atoms with Crippen molar-refractivity contribution in [3.05, 3.63) is 36.4 Å². The minimum Gasteiger partial charge on any atom is -0.397 e. The first-order chi connectivity index (χ1) is 8.61. The standard InChI is InChI=1S/C13H13IN4/c14-7-18-13-4-2-9(6-12(13)17)8-1-3-10(15)11(16)5-8/h1-7H,15-17H2. The molecule has 6 N–H and O–H groups in total. The van der Waals surface area contributed by atoms with Gasteiger partial charge in [0.1, 0.15) is 0 Å². The Balaban J connectivity index is 2.45. The quantitative estimate of drug-likeness (QED) is 0.440. The van der Waals surface area contributed by atoms with Gasteiger partial charge in [0, 0.05) is 0 Å². The summed E-state index contributed by atoms with van der Waals surface area (Å²) < 4.78 is 1.68. The Labute approximate surface area is 119 Å². The first-order valence-electron chi connectivity index (χ1n) is 5.29. The molecule has 92 valence electrons. The van der Waals surface area contributed by atoms with E-state index in [1.807, 2.05) is 30.3 Å². The summed E-state index contributed by atoms with van der Waals surface area (Å²) in [6, 6.07) is 11.3. The van der Waals surface area contributed by atoms with Gasteiger partial charge in [-0.05, 0) is 58.0 Å². The van der Waals surface area contributed by atoms with Crippen molar-refractivity contribution in [2.24, 2.45) is 4.99 Å². The molecule has 2 aromatic rings. The van der Waals surface area contributed by atoms with E-state index in [9.17, 15) is 0 Å². The summed E-state index contributed by atoms with van der Waals surface area (Å²) in [4.78, 5) is 4.16. The molecule has 18 heavy (non-hydrogen) atoms. The summed E-state index contributed by atoms with van der Waals surface area (Å²) in [5.41, 5.74) is 21.9. The van der Waals surface area contributed by atoms with E-state index in [1.165, 1.54) is 0 Å². The van der Waals surface area contributed by atoms with Gasteiger partial charge in [0.15, 0.2) is 0 Å². The van der Waals surface area contributed by atoms with Gasteiger partial charge in [-0.3, -0.25) is 0 Å². The van der Waals surface area contributed by atoms with Crippen LogP contribution in [0.5, 0.6) is 0 Å². The first kappa shape index (κ1) is 12.7. The Bertz CT molecular complexity index is 608. The highest BCUT2D eigenvalue weighted by Crippen LogP contribution is 2.30. The molecular weight excluding hydrogens is 339 g/mol. The van der Waals surface area contributed by atoms with Crippen molar-refractivity contribution >= 4 is 49.6 Å². The van der Waals surface area contributed by atoms with Crippen LogP contribution in [-0.4, -0.2) is 4.22 Å². The SMILES string of the molecule is Nc1ccc(-c2ccc(N=CI)c(N)c2)cc1N. The number of anilines is 3. The van der Waals surface area contributed by atoms with E-state index in [1.54, 1.807) is 10.3 Å². The van der Waals surface area contributed by atoms with Crippen LogP contribution in [0.1, 0.15) is 0 Å². The maximum atomic E-state index is 5.94. The maximum Gasteiger partial charge on any atom is 0.0864 e. The second-order valence-corrected chi connectivity index (χ2v) is 4.40. The average molecular weight is 352 g/mol. The van der Waals surface area contributed by atoms with Gasteiger partial charge in [0.2, 0.25) is 0 Å². The third-order valence-corrected chi connectivity index (χ3v) is 2.91. The van der Waals surface area contributed by atoms with E-state index in [2.05, 4.69) is 27.6 Å². The number of halogens is 1. The first-order valence-corrected chi connectivity index (χ1v) is 6.54. The van der Waals surface area contributed by atoms with Crippen LogP contribution in [0.25, 0.3) is 11.1 Å². The second-order valence-electron chi connectivity index (χ2n) is 3.84. The Morgan fingerprint density at radius 1 is 0.833 bits per heavy atom. The van der Waals surface area contributed by atoms with Gasteiger partial charge in [-0.2, -0.15) is 0 Å². The normalized spacial score (nSPS) is 10.9. The molecular formula is C13H13IN4. The lowest BCUT2D eigenvalue weighted by Gasteiger charge is -2.07. The molecule has 2 aromatic carbocycles. The van der Waals surface area contributed by atoms with Crippen LogP contribution in [0.2, 0.25) is 0 Å². The Morgan fingerprint density at radius 3 is 2.00 bits per heavy atom. The summed E-state index contributed by atoms with van der Waals surface area (Å²) in [5.74, 6) is 0. The fraction of sp³-hybridized carbons (Fsp3) is 0. The summed E-state index contributed by atoms with van der Waals surface area (Å²) in [5, 5.41) is 0. The molecule has 5 heteroatoms. The molecule has 4 nitrogen and oxygen atoms in total. The Morgan fingerprint density at radius 2 is 1.44 bits per heavy atom. The van der Waals surface area contributed by atoms with Gasteiger partial charge in [-0.1, -0.05) is 12.1 Å². The summed E-state index contributed by atoms with van der Waals surface area (Å²) >= 11 is 2.06.